The normalized spacial score (nSPS) is 15.7. The maximum atomic E-state index is 12.2. The molecule has 0 radical (unpaired) electrons. The van der Waals surface area contributed by atoms with E-state index in [9.17, 15) is 14.7 Å². The largest absolute Gasteiger partial charge is 0.394 e. The molecule has 1 aliphatic rings. The predicted octanol–water partition coefficient (Wildman–Crippen LogP) is 1.17. The molecule has 0 bridgehead atoms. The van der Waals surface area contributed by atoms with Gasteiger partial charge in [0.1, 0.15) is 11.5 Å². The van der Waals surface area contributed by atoms with E-state index in [0.29, 0.717) is 5.82 Å². The van der Waals surface area contributed by atoms with Crippen LogP contribution in [0.2, 0.25) is 0 Å². The van der Waals surface area contributed by atoms with Crippen molar-refractivity contribution in [2.75, 3.05) is 6.61 Å². The minimum absolute atomic E-state index is 0.0920. The lowest BCUT2D eigenvalue weighted by molar-refractivity contribution is 0.0910. The highest BCUT2D eigenvalue weighted by atomic mass is 32.1. The van der Waals surface area contributed by atoms with E-state index in [1.165, 1.54) is 17.4 Å². The first kappa shape index (κ1) is 14.0. The highest BCUT2D eigenvalue weighted by Crippen LogP contribution is 2.37. The zero-order chi connectivity index (χ0) is 14.8. The predicted molar refractivity (Wildman–Crippen MR) is 78.4 cm³/mol. The van der Waals surface area contributed by atoms with Gasteiger partial charge in [0, 0.05) is 12.0 Å². The maximum Gasteiger partial charge on any atom is 0.270 e. The molecular formula is C14H15N3O3S. The molecule has 1 saturated carbocycles. The first-order valence-electron chi connectivity index (χ1n) is 6.72. The van der Waals surface area contributed by atoms with Crippen LogP contribution in [0.15, 0.2) is 27.7 Å². The molecule has 1 unspecified atom stereocenters. The Kier molecular flexibility index (Phi) is 3.85. The molecule has 1 aliphatic carbocycles. The van der Waals surface area contributed by atoms with Crippen LogP contribution in [0.1, 0.15) is 46.7 Å². The number of amides is 1. The summed E-state index contributed by atoms with van der Waals surface area (Å²) in [7, 11) is 0. The minimum atomic E-state index is -0.491. The molecule has 7 heteroatoms. The summed E-state index contributed by atoms with van der Waals surface area (Å²) in [6, 6.07) is 2.53. The van der Waals surface area contributed by atoms with Crippen LogP contribution in [-0.4, -0.2) is 27.6 Å². The number of aromatic nitrogens is 2. The Bertz CT molecular complexity index is 692. The lowest BCUT2D eigenvalue weighted by atomic mass is 10.1. The van der Waals surface area contributed by atoms with Gasteiger partial charge in [-0.15, -0.1) is 0 Å². The number of aromatic amines is 1. The SMILES string of the molecule is O=C(NC(CO)c1ccsc1)c1cc(=O)[nH]c(C2CC2)n1. The Morgan fingerprint density at radius 3 is 3.00 bits per heavy atom. The number of aliphatic hydroxyl groups is 1. The second-order valence-corrected chi connectivity index (χ2v) is 5.84. The number of hydrogen-bond donors (Lipinski definition) is 3. The summed E-state index contributed by atoms with van der Waals surface area (Å²) in [5, 5.41) is 15.8. The monoisotopic (exact) mass is 305 g/mol. The molecule has 0 aromatic carbocycles. The molecule has 1 amide bonds. The second-order valence-electron chi connectivity index (χ2n) is 5.06. The summed E-state index contributed by atoms with van der Waals surface area (Å²) in [6.07, 6.45) is 1.98. The first-order chi connectivity index (χ1) is 10.2. The molecule has 1 atom stereocenters. The Balaban J connectivity index is 1.80. The molecule has 2 aromatic rings. The summed E-state index contributed by atoms with van der Waals surface area (Å²) in [5.74, 6) is 0.382. The van der Waals surface area contributed by atoms with Gasteiger partial charge < -0.3 is 15.4 Å². The maximum absolute atomic E-state index is 12.2. The zero-order valence-electron chi connectivity index (χ0n) is 11.2. The molecule has 3 rings (SSSR count). The van der Waals surface area contributed by atoms with E-state index in [1.807, 2.05) is 16.8 Å². The average Bonchev–Trinajstić information content (AvgIpc) is 3.19. The first-order valence-corrected chi connectivity index (χ1v) is 7.66. The van der Waals surface area contributed by atoms with Crippen LogP contribution in [0.5, 0.6) is 0 Å². The van der Waals surface area contributed by atoms with Gasteiger partial charge in [0.25, 0.3) is 11.5 Å². The lowest BCUT2D eigenvalue weighted by Crippen LogP contribution is -2.32. The summed E-state index contributed by atoms with van der Waals surface area (Å²) >= 11 is 1.49. The van der Waals surface area contributed by atoms with Crippen LogP contribution in [-0.2, 0) is 0 Å². The van der Waals surface area contributed by atoms with Crippen molar-refractivity contribution >= 4 is 17.2 Å². The Morgan fingerprint density at radius 2 is 2.38 bits per heavy atom. The number of nitrogens with zero attached hydrogens (tertiary/aromatic N) is 1. The summed E-state index contributed by atoms with van der Waals surface area (Å²) < 4.78 is 0. The molecule has 0 aliphatic heterocycles. The van der Waals surface area contributed by atoms with Gasteiger partial charge in [-0.1, -0.05) is 0 Å². The molecule has 2 aromatic heterocycles. The van der Waals surface area contributed by atoms with Gasteiger partial charge in [-0.2, -0.15) is 11.3 Å². The van der Waals surface area contributed by atoms with E-state index in [1.54, 1.807) is 0 Å². The number of nitrogens with one attached hydrogen (secondary N) is 2. The summed E-state index contributed by atoms with van der Waals surface area (Å²) in [5.41, 5.74) is 0.602. The third kappa shape index (κ3) is 3.20. The fraction of sp³-hybridized carbons (Fsp3) is 0.357. The Labute approximate surface area is 124 Å². The molecular weight excluding hydrogens is 290 g/mol. The Hall–Kier alpha value is -1.99. The smallest absolute Gasteiger partial charge is 0.270 e. The zero-order valence-corrected chi connectivity index (χ0v) is 12.0. The molecule has 3 N–H and O–H groups in total. The van der Waals surface area contributed by atoms with Gasteiger partial charge in [-0.3, -0.25) is 9.59 Å². The highest BCUT2D eigenvalue weighted by molar-refractivity contribution is 7.07. The fourth-order valence-corrected chi connectivity index (χ4v) is 2.80. The number of thiophene rings is 1. The standard InChI is InChI=1S/C14H15N3O3S/c18-6-11(9-3-4-21-7-9)16-14(20)10-5-12(19)17-13(15-10)8-1-2-8/h3-5,7-8,11,18H,1-2,6H2,(H,16,20)(H,15,17,19). The van der Waals surface area contributed by atoms with E-state index >= 15 is 0 Å². The number of hydrogen-bond acceptors (Lipinski definition) is 5. The number of carbonyl (C=O) groups excluding carboxylic acids is 1. The van der Waals surface area contributed by atoms with Crippen molar-refractivity contribution in [1.82, 2.24) is 15.3 Å². The molecule has 6 nitrogen and oxygen atoms in total. The molecule has 2 heterocycles. The number of H-pyrrole nitrogens is 1. The molecule has 1 fully saturated rings. The van der Waals surface area contributed by atoms with Gasteiger partial charge in [0.2, 0.25) is 0 Å². The topological polar surface area (TPSA) is 95.1 Å². The van der Waals surface area contributed by atoms with Crippen LogP contribution >= 0.6 is 11.3 Å². The van der Waals surface area contributed by atoms with Crippen LogP contribution in [0.3, 0.4) is 0 Å². The van der Waals surface area contributed by atoms with Crippen LogP contribution in [0, 0.1) is 0 Å². The highest BCUT2D eigenvalue weighted by Gasteiger charge is 2.27. The van der Waals surface area contributed by atoms with E-state index in [0.717, 1.165) is 18.4 Å². The van der Waals surface area contributed by atoms with E-state index < -0.39 is 11.9 Å². The van der Waals surface area contributed by atoms with Gasteiger partial charge in [0.05, 0.1) is 12.6 Å². The fourth-order valence-electron chi connectivity index (χ4n) is 2.08. The van der Waals surface area contributed by atoms with E-state index in [4.69, 9.17) is 0 Å². The van der Waals surface area contributed by atoms with Gasteiger partial charge in [0.15, 0.2) is 0 Å². The van der Waals surface area contributed by atoms with Crippen molar-refractivity contribution in [3.8, 4) is 0 Å². The third-order valence-electron chi connectivity index (χ3n) is 3.39. The minimum Gasteiger partial charge on any atom is -0.394 e. The molecule has 0 saturated heterocycles. The van der Waals surface area contributed by atoms with Crippen LogP contribution in [0.25, 0.3) is 0 Å². The van der Waals surface area contributed by atoms with Crippen molar-refractivity contribution in [3.05, 3.63) is 50.3 Å². The van der Waals surface area contributed by atoms with Crippen molar-refractivity contribution in [2.45, 2.75) is 24.8 Å². The van der Waals surface area contributed by atoms with Crippen molar-refractivity contribution in [3.63, 3.8) is 0 Å². The summed E-state index contributed by atoms with van der Waals surface area (Å²) in [6.45, 7) is -0.207. The quantitative estimate of drug-likeness (QED) is 0.773. The van der Waals surface area contributed by atoms with Crippen molar-refractivity contribution < 1.29 is 9.90 Å². The van der Waals surface area contributed by atoms with E-state index in [-0.39, 0.29) is 23.8 Å². The van der Waals surface area contributed by atoms with Crippen molar-refractivity contribution in [1.29, 1.82) is 0 Å². The molecule has 0 spiro atoms. The average molecular weight is 305 g/mol. The Morgan fingerprint density at radius 1 is 1.57 bits per heavy atom. The second kappa shape index (κ2) is 5.79. The van der Waals surface area contributed by atoms with Crippen LogP contribution < -0.4 is 10.9 Å². The number of aliphatic hydroxyl groups excluding tert-OH is 1. The third-order valence-corrected chi connectivity index (χ3v) is 4.09. The van der Waals surface area contributed by atoms with Gasteiger partial charge in [-0.05, 0) is 35.2 Å². The number of carbonyl (C=O) groups is 1. The lowest BCUT2D eigenvalue weighted by Gasteiger charge is -2.14. The molecule has 110 valence electrons. The summed E-state index contributed by atoms with van der Waals surface area (Å²) in [4.78, 5) is 30.7. The van der Waals surface area contributed by atoms with Crippen LogP contribution in [0.4, 0.5) is 0 Å². The molecule has 21 heavy (non-hydrogen) atoms. The van der Waals surface area contributed by atoms with E-state index in [2.05, 4.69) is 15.3 Å². The van der Waals surface area contributed by atoms with Gasteiger partial charge >= 0.3 is 0 Å². The van der Waals surface area contributed by atoms with Gasteiger partial charge in [-0.25, -0.2) is 4.98 Å². The van der Waals surface area contributed by atoms with Crippen molar-refractivity contribution in [2.24, 2.45) is 0 Å². The number of rotatable bonds is 5.